The minimum absolute atomic E-state index is 0.159. The number of rotatable bonds is 1. The van der Waals surface area contributed by atoms with E-state index in [1.165, 1.54) is 0 Å². The van der Waals surface area contributed by atoms with Crippen LogP contribution >= 0.6 is 11.6 Å². The molecule has 2 aliphatic rings. The molecule has 1 heterocycles. The second kappa shape index (κ2) is 5.15. The number of halogens is 1. The fourth-order valence-electron chi connectivity index (χ4n) is 5.00. The zero-order valence-corrected chi connectivity index (χ0v) is 15.6. The van der Waals surface area contributed by atoms with E-state index in [-0.39, 0.29) is 16.7 Å². The number of hydrogen-bond acceptors (Lipinski definition) is 3. The summed E-state index contributed by atoms with van der Waals surface area (Å²) in [4.78, 5) is 0. The largest absolute Gasteiger partial charge is 0.508 e. The normalized spacial score (nSPS) is 29.6. The molecular weight excluding hydrogens is 334 g/mol. The van der Waals surface area contributed by atoms with Gasteiger partial charge in [0.25, 0.3) is 0 Å². The van der Waals surface area contributed by atoms with Gasteiger partial charge in [-0.3, -0.25) is 0 Å². The number of nitrogens with one attached hydrogen (secondary N) is 1. The van der Waals surface area contributed by atoms with Crippen LogP contribution in [0.4, 0.5) is 5.69 Å². The van der Waals surface area contributed by atoms with E-state index in [0.717, 1.165) is 41.6 Å². The molecule has 1 aliphatic carbocycles. The zero-order valence-electron chi connectivity index (χ0n) is 14.9. The number of aliphatic hydroxyl groups is 1. The van der Waals surface area contributed by atoms with Crippen molar-refractivity contribution in [1.29, 1.82) is 0 Å². The van der Waals surface area contributed by atoms with Crippen molar-refractivity contribution in [2.75, 3.05) is 5.32 Å². The van der Waals surface area contributed by atoms with Crippen LogP contribution in [0.5, 0.6) is 5.75 Å². The van der Waals surface area contributed by atoms with Crippen LogP contribution in [-0.4, -0.2) is 21.4 Å². The van der Waals surface area contributed by atoms with Crippen molar-refractivity contribution in [2.45, 2.75) is 56.6 Å². The average Bonchev–Trinajstić information content (AvgIpc) is 2.86. The summed E-state index contributed by atoms with van der Waals surface area (Å²) in [7, 11) is 0. The van der Waals surface area contributed by atoms with E-state index in [0.29, 0.717) is 5.02 Å². The summed E-state index contributed by atoms with van der Waals surface area (Å²) in [5.41, 5.74) is 2.65. The van der Waals surface area contributed by atoms with Gasteiger partial charge in [-0.05, 0) is 74.6 Å². The van der Waals surface area contributed by atoms with Crippen molar-refractivity contribution < 1.29 is 10.2 Å². The zero-order chi connectivity index (χ0) is 18.0. The molecule has 3 nitrogen and oxygen atoms in total. The van der Waals surface area contributed by atoms with Crippen molar-refractivity contribution >= 4 is 17.3 Å². The van der Waals surface area contributed by atoms with Crippen LogP contribution in [0.25, 0.3) is 11.1 Å². The summed E-state index contributed by atoms with van der Waals surface area (Å²) in [6, 6.07) is 11.3. The Morgan fingerprint density at radius 1 is 1.04 bits per heavy atom. The van der Waals surface area contributed by atoms with Gasteiger partial charge in [-0.15, -0.1) is 0 Å². The number of hydrogen-bond donors (Lipinski definition) is 3. The summed E-state index contributed by atoms with van der Waals surface area (Å²) in [5.74, 6) is 0.159. The molecule has 1 aliphatic heterocycles. The van der Waals surface area contributed by atoms with Crippen molar-refractivity contribution in [2.24, 2.45) is 0 Å². The fourth-order valence-corrected chi connectivity index (χ4v) is 5.28. The highest BCUT2D eigenvalue weighted by Gasteiger charge is 2.62. The second-order valence-electron chi connectivity index (χ2n) is 8.22. The summed E-state index contributed by atoms with van der Waals surface area (Å²) in [6.07, 6.45) is 2.78. The maximum absolute atomic E-state index is 11.6. The minimum atomic E-state index is -0.787. The van der Waals surface area contributed by atoms with E-state index in [1.807, 2.05) is 12.1 Å². The van der Waals surface area contributed by atoms with Crippen LogP contribution in [0.2, 0.25) is 5.02 Å². The van der Waals surface area contributed by atoms with E-state index >= 15 is 0 Å². The van der Waals surface area contributed by atoms with Gasteiger partial charge in [0, 0.05) is 16.7 Å². The van der Waals surface area contributed by atoms with E-state index in [9.17, 15) is 10.2 Å². The van der Waals surface area contributed by atoms with Gasteiger partial charge in [0.15, 0.2) is 0 Å². The van der Waals surface area contributed by atoms with Gasteiger partial charge < -0.3 is 15.5 Å². The van der Waals surface area contributed by atoms with Gasteiger partial charge >= 0.3 is 0 Å². The molecular formula is C21H24ClNO2. The first-order chi connectivity index (χ1) is 11.7. The molecule has 0 aromatic heterocycles. The van der Waals surface area contributed by atoms with Crippen molar-refractivity contribution in [3.63, 3.8) is 0 Å². The number of phenols is 1. The van der Waals surface area contributed by atoms with Crippen molar-refractivity contribution in [3.05, 3.63) is 47.0 Å². The Morgan fingerprint density at radius 2 is 1.80 bits per heavy atom. The van der Waals surface area contributed by atoms with Crippen LogP contribution < -0.4 is 5.32 Å². The molecule has 4 rings (SSSR count). The quantitative estimate of drug-likeness (QED) is 0.666. The lowest BCUT2D eigenvalue weighted by molar-refractivity contribution is -0.0628. The molecule has 2 unspecified atom stereocenters. The van der Waals surface area contributed by atoms with E-state index in [1.54, 1.807) is 12.1 Å². The van der Waals surface area contributed by atoms with Gasteiger partial charge in [-0.25, -0.2) is 0 Å². The Labute approximate surface area is 153 Å². The molecule has 2 atom stereocenters. The van der Waals surface area contributed by atoms with Gasteiger partial charge in [0.2, 0.25) is 0 Å². The fraction of sp³-hybridized carbons (Fsp3) is 0.429. The Kier molecular flexibility index (Phi) is 3.45. The topological polar surface area (TPSA) is 52.5 Å². The third-order valence-electron chi connectivity index (χ3n) is 6.49. The highest BCUT2D eigenvalue weighted by molar-refractivity contribution is 6.33. The number of fused-ring (bicyclic) bond motifs is 3. The molecule has 0 amide bonds. The first-order valence-corrected chi connectivity index (χ1v) is 9.20. The molecule has 2 aromatic carbocycles. The van der Waals surface area contributed by atoms with E-state index in [4.69, 9.17) is 11.6 Å². The van der Waals surface area contributed by atoms with Crippen LogP contribution in [0, 0.1) is 0 Å². The summed E-state index contributed by atoms with van der Waals surface area (Å²) < 4.78 is 0. The Morgan fingerprint density at radius 3 is 2.52 bits per heavy atom. The number of aromatic hydroxyl groups is 1. The second-order valence-corrected chi connectivity index (χ2v) is 8.63. The van der Waals surface area contributed by atoms with Crippen molar-refractivity contribution in [3.8, 4) is 16.9 Å². The number of anilines is 1. The third kappa shape index (κ3) is 2.15. The maximum atomic E-state index is 11.6. The van der Waals surface area contributed by atoms with Crippen LogP contribution in [-0.2, 0) is 5.41 Å². The molecule has 1 saturated carbocycles. The lowest BCUT2D eigenvalue weighted by Crippen LogP contribution is -2.65. The maximum Gasteiger partial charge on any atom is 0.117 e. The SMILES string of the molecule is CC1(C)Nc2ccc(-c3ccc(O)cc3Cl)cc2C2(C)CCCC12O. The highest BCUT2D eigenvalue weighted by atomic mass is 35.5. The summed E-state index contributed by atoms with van der Waals surface area (Å²) >= 11 is 6.34. The average molecular weight is 358 g/mol. The first kappa shape index (κ1) is 16.7. The standard InChI is InChI=1S/C21H24ClNO2/c1-19(2)21(25)10-4-9-20(21,3)16-11-13(5-8-18(16)23-19)15-7-6-14(24)12-17(15)22/h5-8,11-12,23-25H,4,9-10H2,1-3H3. The lowest BCUT2D eigenvalue weighted by atomic mass is 9.60. The van der Waals surface area contributed by atoms with E-state index < -0.39 is 5.60 Å². The third-order valence-corrected chi connectivity index (χ3v) is 6.80. The molecule has 132 valence electrons. The Bertz CT molecular complexity index is 863. The van der Waals surface area contributed by atoms with Gasteiger partial charge in [0.05, 0.1) is 16.2 Å². The molecule has 3 N–H and O–H groups in total. The predicted molar refractivity (Wildman–Crippen MR) is 102 cm³/mol. The molecule has 0 radical (unpaired) electrons. The summed E-state index contributed by atoms with van der Waals surface area (Å²) in [5, 5.41) is 25.3. The van der Waals surface area contributed by atoms with Crippen molar-refractivity contribution in [1.82, 2.24) is 0 Å². The molecule has 0 spiro atoms. The number of benzene rings is 2. The van der Waals surface area contributed by atoms with Gasteiger partial charge in [0.1, 0.15) is 5.75 Å². The predicted octanol–water partition coefficient (Wildman–Crippen LogP) is 5.09. The molecule has 2 aromatic rings. The molecule has 4 heteroatoms. The lowest BCUT2D eigenvalue weighted by Gasteiger charge is -2.55. The highest BCUT2D eigenvalue weighted by Crippen LogP contribution is 2.58. The molecule has 1 fully saturated rings. The monoisotopic (exact) mass is 357 g/mol. The Hall–Kier alpha value is -1.71. The van der Waals surface area contributed by atoms with Gasteiger partial charge in [-0.1, -0.05) is 24.6 Å². The van der Waals surface area contributed by atoms with Crippen LogP contribution in [0.15, 0.2) is 36.4 Å². The van der Waals surface area contributed by atoms with Crippen LogP contribution in [0.3, 0.4) is 0 Å². The summed E-state index contributed by atoms with van der Waals surface area (Å²) in [6.45, 7) is 6.36. The molecule has 25 heavy (non-hydrogen) atoms. The number of phenolic OH excluding ortho intramolecular Hbond substituents is 1. The smallest absolute Gasteiger partial charge is 0.117 e. The minimum Gasteiger partial charge on any atom is -0.508 e. The van der Waals surface area contributed by atoms with Gasteiger partial charge in [-0.2, -0.15) is 0 Å². The Balaban J connectivity index is 1.90. The van der Waals surface area contributed by atoms with Crippen LogP contribution in [0.1, 0.15) is 45.6 Å². The molecule has 0 bridgehead atoms. The first-order valence-electron chi connectivity index (χ1n) is 8.82. The molecule has 0 saturated heterocycles. The van der Waals surface area contributed by atoms with E-state index in [2.05, 4.69) is 38.2 Å².